The summed E-state index contributed by atoms with van der Waals surface area (Å²) in [5.74, 6) is 0.956. The number of fused-ring (bicyclic) bond motifs is 1. The number of aldehydes is 2. The summed E-state index contributed by atoms with van der Waals surface area (Å²) in [4.78, 5) is 42.0. The average Bonchev–Trinajstić information content (AvgIpc) is 3.04. The van der Waals surface area contributed by atoms with Crippen LogP contribution in [-0.4, -0.2) is 38.7 Å². The summed E-state index contributed by atoms with van der Waals surface area (Å²) in [5.41, 5.74) is 2.43. The van der Waals surface area contributed by atoms with Gasteiger partial charge in [-0.15, -0.1) is 0 Å². The van der Waals surface area contributed by atoms with Gasteiger partial charge in [0, 0.05) is 6.08 Å². The van der Waals surface area contributed by atoms with Crippen molar-refractivity contribution in [2.45, 2.75) is 0 Å². The molecule has 0 radical (unpaired) electrons. The lowest BCUT2D eigenvalue weighted by Gasteiger charge is -2.11. The minimum absolute atomic E-state index is 0.334. The van der Waals surface area contributed by atoms with Crippen LogP contribution in [0.1, 0.15) is 10.4 Å². The Morgan fingerprint density at radius 1 is 0.619 bits per heavy atom. The number of ether oxygens (including phenoxy) is 4. The van der Waals surface area contributed by atoms with Crippen LogP contribution in [0, 0.1) is 0 Å². The molecule has 0 unspecified atom stereocenters. The van der Waals surface area contributed by atoms with Gasteiger partial charge in [-0.1, -0.05) is 44.0 Å². The second kappa shape index (κ2) is 17.0. The van der Waals surface area contributed by atoms with Crippen molar-refractivity contribution in [1.29, 1.82) is 0 Å². The highest BCUT2D eigenvalue weighted by molar-refractivity contribution is 5.97. The monoisotopic (exact) mass is 566 g/mol. The van der Waals surface area contributed by atoms with Crippen molar-refractivity contribution in [3.05, 3.63) is 122 Å². The zero-order valence-corrected chi connectivity index (χ0v) is 23.3. The summed E-state index contributed by atoms with van der Waals surface area (Å²) >= 11 is 0. The lowest BCUT2D eigenvalue weighted by molar-refractivity contribution is -0.129. The second-order valence-electron chi connectivity index (χ2n) is 8.08. The van der Waals surface area contributed by atoms with E-state index in [1.165, 1.54) is 12.2 Å². The molecule has 42 heavy (non-hydrogen) atoms. The standard InChI is InChI=1S/C28H22O6.2C3H4O/c1-4-27(29)33-23-10-12-24(13-11-23)34-28(30)22-8-7-18-15-19(5-6-20(18)16-22)21-9-14-25(31-2)26(17-21)32-3;2*1-2-3-4/h4-17H,1H2,2-3H3;2*2-3H,1H2. The summed E-state index contributed by atoms with van der Waals surface area (Å²) in [6.45, 7) is 9.57. The van der Waals surface area contributed by atoms with Gasteiger partial charge >= 0.3 is 11.9 Å². The SMILES string of the molecule is C=CC(=O)Oc1ccc(OC(=O)c2ccc3cc(-c4ccc(OC)c(OC)c4)ccc3c2)cc1.C=CC=O.C=CC=O. The molecule has 8 nitrogen and oxygen atoms in total. The number of carbonyl (C=O) groups excluding carboxylic acids is 4. The van der Waals surface area contributed by atoms with Gasteiger partial charge in [0.1, 0.15) is 24.1 Å². The molecular weight excluding hydrogens is 536 g/mol. The summed E-state index contributed by atoms with van der Waals surface area (Å²) in [5, 5.41) is 1.89. The van der Waals surface area contributed by atoms with Gasteiger partial charge in [0.15, 0.2) is 11.5 Å². The van der Waals surface area contributed by atoms with Crippen LogP contribution in [0.3, 0.4) is 0 Å². The fourth-order valence-corrected chi connectivity index (χ4v) is 3.47. The van der Waals surface area contributed by atoms with Gasteiger partial charge < -0.3 is 18.9 Å². The molecule has 0 aliphatic heterocycles. The molecule has 0 aliphatic rings. The molecule has 0 aliphatic carbocycles. The summed E-state index contributed by atoms with van der Waals surface area (Å²) in [6, 6.07) is 23.4. The molecule has 0 N–H and O–H groups in total. The Balaban J connectivity index is 0.000000686. The highest BCUT2D eigenvalue weighted by Crippen LogP contribution is 2.33. The molecule has 8 heteroatoms. The number of methoxy groups -OCH3 is 2. The summed E-state index contributed by atoms with van der Waals surface area (Å²) in [6.07, 6.45) is 4.74. The third kappa shape index (κ3) is 9.46. The van der Waals surface area contributed by atoms with Crippen molar-refractivity contribution in [1.82, 2.24) is 0 Å². The van der Waals surface area contributed by atoms with Crippen LogP contribution in [0.5, 0.6) is 23.0 Å². The highest BCUT2D eigenvalue weighted by atomic mass is 16.5. The normalized spacial score (nSPS) is 9.38. The third-order valence-electron chi connectivity index (χ3n) is 5.40. The minimum atomic E-state index is -0.560. The first-order valence-electron chi connectivity index (χ1n) is 12.4. The quantitative estimate of drug-likeness (QED) is 0.0969. The Bertz CT molecular complexity index is 1540. The van der Waals surface area contributed by atoms with E-state index < -0.39 is 11.9 Å². The Hall–Kier alpha value is -5.76. The molecule has 0 saturated heterocycles. The van der Waals surface area contributed by atoms with Gasteiger partial charge in [0.25, 0.3) is 0 Å². The van der Waals surface area contributed by atoms with E-state index in [2.05, 4.69) is 25.8 Å². The van der Waals surface area contributed by atoms with Gasteiger partial charge in [-0.3, -0.25) is 9.59 Å². The van der Waals surface area contributed by atoms with E-state index in [1.54, 1.807) is 50.6 Å². The molecule has 214 valence electrons. The van der Waals surface area contributed by atoms with Crippen LogP contribution < -0.4 is 18.9 Å². The summed E-state index contributed by atoms with van der Waals surface area (Å²) in [7, 11) is 3.21. The number of hydrogen-bond acceptors (Lipinski definition) is 8. The molecule has 0 atom stereocenters. The van der Waals surface area contributed by atoms with Crippen LogP contribution in [-0.2, 0) is 14.4 Å². The molecule has 0 aromatic heterocycles. The number of hydrogen-bond donors (Lipinski definition) is 0. The van der Waals surface area contributed by atoms with E-state index >= 15 is 0 Å². The van der Waals surface area contributed by atoms with E-state index in [9.17, 15) is 9.59 Å². The van der Waals surface area contributed by atoms with E-state index in [0.717, 1.165) is 28.0 Å². The zero-order chi connectivity index (χ0) is 30.9. The first kappa shape index (κ1) is 32.5. The van der Waals surface area contributed by atoms with Crippen LogP contribution in [0.15, 0.2) is 117 Å². The highest BCUT2D eigenvalue weighted by Gasteiger charge is 2.12. The first-order chi connectivity index (χ1) is 20.3. The van der Waals surface area contributed by atoms with Crippen molar-refractivity contribution < 1.29 is 38.1 Å². The molecule has 4 aromatic rings. The molecule has 4 aromatic carbocycles. The van der Waals surface area contributed by atoms with Gasteiger partial charge in [-0.2, -0.15) is 0 Å². The zero-order valence-electron chi connectivity index (χ0n) is 23.3. The van der Waals surface area contributed by atoms with Gasteiger partial charge in [0.2, 0.25) is 0 Å². The Labute approximate surface area is 244 Å². The largest absolute Gasteiger partial charge is 0.493 e. The molecule has 0 saturated carbocycles. The predicted octanol–water partition coefficient (Wildman–Crippen LogP) is 6.58. The number of esters is 2. The topological polar surface area (TPSA) is 105 Å². The Morgan fingerprint density at radius 2 is 1.12 bits per heavy atom. The summed E-state index contributed by atoms with van der Waals surface area (Å²) < 4.78 is 21.2. The molecular formula is C34H30O8. The lowest BCUT2D eigenvalue weighted by atomic mass is 9.99. The fourth-order valence-electron chi connectivity index (χ4n) is 3.47. The van der Waals surface area contributed by atoms with E-state index in [4.69, 9.17) is 28.5 Å². The maximum atomic E-state index is 12.6. The van der Waals surface area contributed by atoms with Gasteiger partial charge in [-0.25, -0.2) is 9.59 Å². The number of carbonyl (C=O) groups is 4. The Kier molecular flexibility index (Phi) is 13.2. The van der Waals surface area contributed by atoms with Crippen molar-refractivity contribution in [2.75, 3.05) is 14.2 Å². The molecule has 0 spiro atoms. The number of benzene rings is 4. The number of allylic oxidation sites excluding steroid dienone is 2. The van der Waals surface area contributed by atoms with Crippen molar-refractivity contribution in [3.63, 3.8) is 0 Å². The van der Waals surface area contributed by atoms with E-state index in [1.807, 2.05) is 36.4 Å². The van der Waals surface area contributed by atoms with E-state index in [-0.39, 0.29) is 0 Å². The van der Waals surface area contributed by atoms with Crippen LogP contribution in [0.2, 0.25) is 0 Å². The molecule has 0 fully saturated rings. The molecule has 0 amide bonds. The van der Waals surface area contributed by atoms with Crippen LogP contribution in [0.4, 0.5) is 0 Å². The molecule has 4 rings (SSSR count). The maximum absolute atomic E-state index is 12.6. The first-order valence-corrected chi connectivity index (χ1v) is 12.4. The second-order valence-corrected chi connectivity index (χ2v) is 8.08. The molecule has 0 bridgehead atoms. The van der Waals surface area contributed by atoms with Gasteiger partial charge in [0.05, 0.1) is 19.8 Å². The van der Waals surface area contributed by atoms with Crippen LogP contribution in [0.25, 0.3) is 21.9 Å². The fraction of sp³-hybridized carbons (Fsp3) is 0.0588. The van der Waals surface area contributed by atoms with E-state index in [0.29, 0.717) is 41.1 Å². The van der Waals surface area contributed by atoms with Crippen molar-refractivity contribution >= 4 is 35.3 Å². The average molecular weight is 567 g/mol. The predicted molar refractivity (Wildman–Crippen MR) is 162 cm³/mol. The Morgan fingerprint density at radius 3 is 1.67 bits per heavy atom. The lowest BCUT2D eigenvalue weighted by Crippen LogP contribution is -2.08. The maximum Gasteiger partial charge on any atom is 0.343 e. The third-order valence-corrected chi connectivity index (χ3v) is 5.40. The number of rotatable bonds is 9. The van der Waals surface area contributed by atoms with Crippen LogP contribution >= 0.6 is 0 Å². The smallest absolute Gasteiger partial charge is 0.343 e. The van der Waals surface area contributed by atoms with Gasteiger partial charge in [-0.05, 0) is 88.6 Å². The minimum Gasteiger partial charge on any atom is -0.493 e. The molecule has 0 heterocycles. The van der Waals surface area contributed by atoms with Crippen molar-refractivity contribution in [3.8, 4) is 34.1 Å². The van der Waals surface area contributed by atoms with Crippen molar-refractivity contribution in [2.24, 2.45) is 0 Å².